The molecular weight excluding hydrogens is 320 g/mol. The summed E-state index contributed by atoms with van der Waals surface area (Å²) in [6.07, 6.45) is 3.29. The van der Waals surface area contributed by atoms with E-state index in [-0.39, 0.29) is 12.0 Å². The summed E-state index contributed by atoms with van der Waals surface area (Å²) in [5, 5.41) is 2.81. The number of benzene rings is 1. The quantitative estimate of drug-likeness (QED) is 0.922. The molecule has 0 bridgehead atoms. The van der Waals surface area contributed by atoms with E-state index in [0.29, 0.717) is 11.3 Å². The van der Waals surface area contributed by atoms with E-state index in [2.05, 4.69) is 26.2 Å². The number of nitrogens with zero attached hydrogens (tertiary/aromatic N) is 1. The second-order valence-corrected chi connectivity index (χ2v) is 5.45. The monoisotopic (exact) mass is 334 g/mol. The number of amides is 1. The predicted octanol–water partition coefficient (Wildman–Crippen LogP) is 3.88. The number of anilines is 1. The van der Waals surface area contributed by atoms with E-state index in [1.807, 2.05) is 26.0 Å². The molecule has 20 heavy (non-hydrogen) atoms. The van der Waals surface area contributed by atoms with Gasteiger partial charge in [0.15, 0.2) is 0 Å². The average Bonchev–Trinajstić information content (AvgIpc) is 2.40. The van der Waals surface area contributed by atoms with E-state index in [1.165, 1.54) is 6.20 Å². The van der Waals surface area contributed by atoms with Crippen LogP contribution in [0, 0.1) is 0 Å². The Bertz CT molecular complexity index is 597. The Kier molecular flexibility index (Phi) is 4.74. The molecule has 1 amide bonds. The van der Waals surface area contributed by atoms with Crippen molar-refractivity contribution in [1.29, 1.82) is 0 Å². The summed E-state index contributed by atoms with van der Waals surface area (Å²) >= 11 is 3.29. The molecule has 4 nitrogen and oxygen atoms in total. The maximum Gasteiger partial charge on any atom is 0.257 e. The molecule has 0 spiro atoms. The third kappa shape index (κ3) is 4.06. The molecule has 1 aromatic carbocycles. The largest absolute Gasteiger partial charge is 0.491 e. The van der Waals surface area contributed by atoms with E-state index < -0.39 is 0 Å². The van der Waals surface area contributed by atoms with Gasteiger partial charge >= 0.3 is 0 Å². The predicted molar refractivity (Wildman–Crippen MR) is 82.1 cm³/mol. The minimum atomic E-state index is -0.198. The molecule has 5 heteroatoms. The van der Waals surface area contributed by atoms with Crippen molar-refractivity contribution < 1.29 is 9.53 Å². The highest BCUT2D eigenvalue weighted by molar-refractivity contribution is 9.10. The zero-order chi connectivity index (χ0) is 14.5. The molecule has 0 aliphatic carbocycles. The summed E-state index contributed by atoms with van der Waals surface area (Å²) in [5.74, 6) is 0.582. The number of carbonyl (C=O) groups excluding carboxylic acids is 1. The summed E-state index contributed by atoms with van der Waals surface area (Å²) < 4.78 is 6.31. The van der Waals surface area contributed by atoms with Crippen LogP contribution in [0.25, 0.3) is 0 Å². The molecule has 0 radical (unpaired) electrons. The highest BCUT2D eigenvalue weighted by Crippen LogP contribution is 2.18. The minimum absolute atomic E-state index is 0.128. The Morgan fingerprint density at radius 3 is 2.55 bits per heavy atom. The van der Waals surface area contributed by atoms with Crippen LogP contribution in [0.2, 0.25) is 0 Å². The van der Waals surface area contributed by atoms with Crippen LogP contribution in [-0.4, -0.2) is 17.0 Å². The molecule has 2 rings (SSSR count). The van der Waals surface area contributed by atoms with Crippen molar-refractivity contribution in [3.63, 3.8) is 0 Å². The SMILES string of the molecule is CC(C)Oc1ccc(NC(=O)c2cncc(Br)c2)cc1. The number of hydrogen-bond donors (Lipinski definition) is 1. The van der Waals surface area contributed by atoms with Crippen molar-refractivity contribution >= 4 is 27.5 Å². The van der Waals surface area contributed by atoms with Crippen LogP contribution >= 0.6 is 15.9 Å². The lowest BCUT2D eigenvalue weighted by Gasteiger charge is -2.10. The summed E-state index contributed by atoms with van der Waals surface area (Å²) in [7, 11) is 0. The Balaban J connectivity index is 2.04. The molecule has 0 unspecified atom stereocenters. The van der Waals surface area contributed by atoms with Gasteiger partial charge in [-0.2, -0.15) is 0 Å². The molecular formula is C15H15BrN2O2. The number of hydrogen-bond acceptors (Lipinski definition) is 3. The molecule has 0 aliphatic heterocycles. The Labute approximate surface area is 126 Å². The van der Waals surface area contributed by atoms with Crippen LogP contribution in [0.1, 0.15) is 24.2 Å². The average molecular weight is 335 g/mol. The van der Waals surface area contributed by atoms with Gasteiger partial charge in [0.2, 0.25) is 0 Å². The normalized spacial score (nSPS) is 10.4. The zero-order valence-electron chi connectivity index (χ0n) is 11.3. The zero-order valence-corrected chi connectivity index (χ0v) is 12.8. The number of halogens is 1. The minimum Gasteiger partial charge on any atom is -0.491 e. The molecule has 1 N–H and O–H groups in total. The molecule has 0 saturated heterocycles. The van der Waals surface area contributed by atoms with Gasteiger partial charge in [0.25, 0.3) is 5.91 Å². The van der Waals surface area contributed by atoms with Gasteiger partial charge in [-0.05, 0) is 60.1 Å². The third-order valence-corrected chi connectivity index (χ3v) is 2.88. The molecule has 0 atom stereocenters. The van der Waals surface area contributed by atoms with Crippen LogP contribution in [0.4, 0.5) is 5.69 Å². The van der Waals surface area contributed by atoms with Gasteiger partial charge in [0, 0.05) is 22.6 Å². The first-order valence-corrected chi connectivity index (χ1v) is 7.02. The van der Waals surface area contributed by atoms with Crippen LogP contribution in [-0.2, 0) is 0 Å². The van der Waals surface area contributed by atoms with E-state index in [0.717, 1.165) is 10.2 Å². The van der Waals surface area contributed by atoms with Crippen LogP contribution in [0.5, 0.6) is 5.75 Å². The van der Waals surface area contributed by atoms with Crippen LogP contribution in [0.15, 0.2) is 47.2 Å². The van der Waals surface area contributed by atoms with Crippen molar-refractivity contribution in [3.8, 4) is 5.75 Å². The molecule has 1 aromatic heterocycles. The summed E-state index contributed by atoms with van der Waals surface area (Å²) in [4.78, 5) is 16.0. The van der Waals surface area contributed by atoms with E-state index in [9.17, 15) is 4.79 Å². The first-order chi connectivity index (χ1) is 9.54. The maximum atomic E-state index is 12.0. The fraction of sp³-hybridized carbons (Fsp3) is 0.200. The van der Waals surface area contributed by atoms with Crippen molar-refractivity contribution in [3.05, 3.63) is 52.8 Å². The first kappa shape index (κ1) is 14.5. The van der Waals surface area contributed by atoms with Crippen molar-refractivity contribution in [2.45, 2.75) is 20.0 Å². The van der Waals surface area contributed by atoms with Gasteiger partial charge in [-0.3, -0.25) is 9.78 Å². The molecule has 104 valence electrons. The van der Waals surface area contributed by atoms with Gasteiger partial charge in [-0.15, -0.1) is 0 Å². The number of pyridine rings is 1. The maximum absolute atomic E-state index is 12.0. The van der Waals surface area contributed by atoms with Crippen molar-refractivity contribution in [2.75, 3.05) is 5.32 Å². The van der Waals surface area contributed by atoms with Gasteiger partial charge in [-0.25, -0.2) is 0 Å². The Morgan fingerprint density at radius 1 is 1.25 bits per heavy atom. The smallest absolute Gasteiger partial charge is 0.257 e. The summed E-state index contributed by atoms with van der Waals surface area (Å²) in [6.45, 7) is 3.94. The summed E-state index contributed by atoms with van der Waals surface area (Å²) in [6, 6.07) is 8.99. The second-order valence-electron chi connectivity index (χ2n) is 4.54. The number of rotatable bonds is 4. The fourth-order valence-electron chi connectivity index (χ4n) is 1.63. The van der Waals surface area contributed by atoms with Crippen molar-refractivity contribution in [2.24, 2.45) is 0 Å². The number of carbonyl (C=O) groups is 1. The second kappa shape index (κ2) is 6.52. The highest BCUT2D eigenvalue weighted by Gasteiger charge is 2.07. The molecule has 1 heterocycles. The number of nitrogens with one attached hydrogen (secondary N) is 1. The lowest BCUT2D eigenvalue weighted by Crippen LogP contribution is -2.12. The van der Waals surface area contributed by atoms with Gasteiger partial charge in [-0.1, -0.05) is 0 Å². The molecule has 0 saturated carbocycles. The van der Waals surface area contributed by atoms with Crippen molar-refractivity contribution in [1.82, 2.24) is 4.98 Å². The third-order valence-electron chi connectivity index (χ3n) is 2.45. The highest BCUT2D eigenvalue weighted by atomic mass is 79.9. The summed E-state index contributed by atoms with van der Waals surface area (Å²) in [5.41, 5.74) is 1.22. The Hall–Kier alpha value is -1.88. The number of aromatic nitrogens is 1. The van der Waals surface area contributed by atoms with E-state index in [4.69, 9.17) is 4.74 Å². The first-order valence-electron chi connectivity index (χ1n) is 6.23. The molecule has 0 fully saturated rings. The standard InChI is InChI=1S/C15H15BrN2O2/c1-10(2)20-14-5-3-13(4-6-14)18-15(19)11-7-12(16)9-17-8-11/h3-10H,1-2H3,(H,18,19). The van der Waals surface area contributed by atoms with E-state index >= 15 is 0 Å². The number of ether oxygens (including phenoxy) is 1. The van der Waals surface area contributed by atoms with Gasteiger partial charge in [0.05, 0.1) is 11.7 Å². The molecule has 0 aliphatic rings. The molecule has 2 aromatic rings. The fourth-order valence-corrected chi connectivity index (χ4v) is 1.99. The van der Waals surface area contributed by atoms with Crippen LogP contribution in [0.3, 0.4) is 0 Å². The van der Waals surface area contributed by atoms with E-state index in [1.54, 1.807) is 24.4 Å². The topological polar surface area (TPSA) is 51.2 Å². The lowest BCUT2D eigenvalue weighted by atomic mass is 10.2. The Morgan fingerprint density at radius 2 is 1.95 bits per heavy atom. The lowest BCUT2D eigenvalue weighted by molar-refractivity contribution is 0.102. The van der Waals surface area contributed by atoms with Gasteiger partial charge < -0.3 is 10.1 Å². The van der Waals surface area contributed by atoms with Crippen LogP contribution < -0.4 is 10.1 Å². The van der Waals surface area contributed by atoms with Gasteiger partial charge in [0.1, 0.15) is 5.75 Å².